The van der Waals surface area contributed by atoms with Crippen molar-refractivity contribution in [1.29, 1.82) is 0 Å². The van der Waals surface area contributed by atoms with E-state index in [1.807, 2.05) is 32.0 Å². The van der Waals surface area contributed by atoms with Gasteiger partial charge in [-0.25, -0.2) is 13.4 Å². The number of carbonyl (C=O) groups is 1. The number of carbonyl (C=O) groups excluding carboxylic acids is 1. The summed E-state index contributed by atoms with van der Waals surface area (Å²) in [6.45, 7) is 4.37. The molecule has 35 heavy (non-hydrogen) atoms. The summed E-state index contributed by atoms with van der Waals surface area (Å²) in [5.41, 5.74) is 4.36. The summed E-state index contributed by atoms with van der Waals surface area (Å²) in [6, 6.07) is 14.1. The molecular weight excluding hydrogens is 480 g/mol. The molecule has 4 aromatic rings. The van der Waals surface area contributed by atoms with Crippen molar-refractivity contribution in [3.63, 3.8) is 0 Å². The second kappa shape index (κ2) is 9.14. The van der Waals surface area contributed by atoms with Crippen LogP contribution in [-0.4, -0.2) is 41.7 Å². The molecule has 2 heterocycles. The number of thiazole rings is 1. The molecule has 0 bridgehead atoms. The van der Waals surface area contributed by atoms with E-state index in [0.717, 1.165) is 39.7 Å². The summed E-state index contributed by atoms with van der Waals surface area (Å²) < 4.78 is 28.2. The number of nitrogens with zero attached hydrogens (tertiary/aromatic N) is 4. The van der Waals surface area contributed by atoms with Gasteiger partial charge in [0.15, 0.2) is 5.13 Å². The molecule has 180 valence electrons. The average Bonchev–Trinajstić information content (AvgIpc) is 3.61. The van der Waals surface area contributed by atoms with Crippen molar-refractivity contribution in [2.75, 3.05) is 11.9 Å². The number of aryl methyl sites for hydroxylation is 2. The maximum Gasteiger partial charge on any atom is 0.260 e. The van der Waals surface area contributed by atoms with Crippen LogP contribution in [0.3, 0.4) is 0 Å². The quantitative estimate of drug-likeness (QED) is 0.355. The summed E-state index contributed by atoms with van der Waals surface area (Å²) in [7, 11) is -1.97. The highest BCUT2D eigenvalue weighted by Gasteiger charge is 2.35. The largest absolute Gasteiger partial charge is 0.279 e. The molecule has 1 amide bonds. The van der Waals surface area contributed by atoms with Crippen LogP contribution in [0, 0.1) is 13.8 Å². The number of aromatic nitrogens is 2. The number of amides is 1. The van der Waals surface area contributed by atoms with Crippen molar-refractivity contribution in [3.8, 4) is 0 Å². The number of hydrogen-bond donors (Lipinski definition) is 0. The van der Waals surface area contributed by atoms with E-state index in [-0.39, 0.29) is 16.8 Å². The Hall–Kier alpha value is -3.14. The van der Waals surface area contributed by atoms with Crippen LogP contribution in [0.25, 0.3) is 10.2 Å². The van der Waals surface area contributed by atoms with Crippen molar-refractivity contribution >= 4 is 42.6 Å². The second-order valence-electron chi connectivity index (χ2n) is 8.96. The van der Waals surface area contributed by atoms with E-state index in [1.165, 1.54) is 27.8 Å². The molecule has 0 spiro atoms. The van der Waals surface area contributed by atoms with Crippen LogP contribution in [0.1, 0.15) is 39.9 Å². The lowest BCUT2D eigenvalue weighted by atomic mass is 10.1. The van der Waals surface area contributed by atoms with Gasteiger partial charge < -0.3 is 0 Å². The van der Waals surface area contributed by atoms with E-state index in [2.05, 4.69) is 11.1 Å². The van der Waals surface area contributed by atoms with E-state index in [4.69, 9.17) is 4.98 Å². The number of anilines is 1. The van der Waals surface area contributed by atoms with Crippen molar-refractivity contribution < 1.29 is 13.2 Å². The van der Waals surface area contributed by atoms with Crippen LogP contribution in [0.4, 0.5) is 5.13 Å². The van der Waals surface area contributed by atoms with Gasteiger partial charge in [0.25, 0.3) is 5.91 Å². The van der Waals surface area contributed by atoms with Gasteiger partial charge in [-0.05, 0) is 79.8 Å². The summed E-state index contributed by atoms with van der Waals surface area (Å²) in [4.78, 5) is 24.5. The van der Waals surface area contributed by atoms with Crippen molar-refractivity contribution in [2.24, 2.45) is 0 Å². The molecule has 1 saturated carbocycles. The highest BCUT2D eigenvalue weighted by molar-refractivity contribution is 7.89. The number of rotatable bonds is 7. The number of benzene rings is 2. The van der Waals surface area contributed by atoms with E-state index in [9.17, 15) is 13.2 Å². The lowest BCUT2D eigenvalue weighted by Crippen LogP contribution is -2.31. The van der Waals surface area contributed by atoms with Crippen LogP contribution in [0.15, 0.2) is 65.8 Å². The van der Waals surface area contributed by atoms with Gasteiger partial charge in [-0.15, -0.1) is 0 Å². The van der Waals surface area contributed by atoms with E-state index < -0.39 is 10.0 Å². The fourth-order valence-electron chi connectivity index (χ4n) is 4.11. The zero-order valence-electron chi connectivity index (χ0n) is 19.8. The summed E-state index contributed by atoms with van der Waals surface area (Å²) in [6.07, 6.45) is 5.19. The van der Waals surface area contributed by atoms with Crippen molar-refractivity contribution in [2.45, 2.75) is 44.2 Å². The van der Waals surface area contributed by atoms with Gasteiger partial charge in [-0.1, -0.05) is 23.5 Å². The normalized spacial score (nSPS) is 13.9. The summed E-state index contributed by atoms with van der Waals surface area (Å²) >= 11 is 1.48. The van der Waals surface area contributed by atoms with Gasteiger partial charge in [0.1, 0.15) is 0 Å². The first kappa shape index (κ1) is 23.6. The minimum atomic E-state index is -3.58. The Morgan fingerprint density at radius 2 is 1.86 bits per heavy atom. The standard InChI is InChI=1S/C26H26N4O3S2/c1-17-13-18(2)24-23(14-17)28-26(34-24)30(16-19-5-4-12-27-15-19)25(31)20-6-10-22(11-7-20)35(32,33)29(3)21-8-9-21/h4-7,10-15,21H,8-9,16H2,1-3H3. The van der Waals surface area contributed by atoms with Crippen LogP contribution in [-0.2, 0) is 16.6 Å². The van der Waals surface area contributed by atoms with Crippen LogP contribution >= 0.6 is 11.3 Å². The minimum Gasteiger partial charge on any atom is -0.279 e. The Morgan fingerprint density at radius 3 is 2.51 bits per heavy atom. The monoisotopic (exact) mass is 506 g/mol. The fraction of sp³-hybridized carbons (Fsp3) is 0.269. The minimum absolute atomic E-state index is 0.0717. The molecule has 1 fully saturated rings. The van der Waals surface area contributed by atoms with Crippen LogP contribution < -0.4 is 4.90 Å². The van der Waals surface area contributed by atoms with Gasteiger partial charge in [-0.3, -0.25) is 14.7 Å². The molecule has 7 nitrogen and oxygen atoms in total. The molecule has 0 aliphatic heterocycles. The first-order valence-electron chi connectivity index (χ1n) is 11.4. The molecule has 0 unspecified atom stereocenters. The van der Waals surface area contributed by atoms with Gasteiger partial charge in [-0.2, -0.15) is 4.31 Å². The first-order valence-corrected chi connectivity index (χ1v) is 13.7. The molecular formula is C26H26N4O3S2. The highest BCUT2D eigenvalue weighted by atomic mass is 32.2. The van der Waals surface area contributed by atoms with E-state index >= 15 is 0 Å². The maximum atomic E-state index is 13.7. The number of pyridine rings is 1. The topological polar surface area (TPSA) is 83.5 Å². The van der Waals surface area contributed by atoms with Gasteiger partial charge in [0, 0.05) is 31.0 Å². The first-order chi connectivity index (χ1) is 16.7. The Balaban J connectivity index is 1.50. The predicted molar refractivity (Wildman–Crippen MR) is 138 cm³/mol. The molecule has 2 aromatic heterocycles. The Bertz CT molecular complexity index is 1500. The van der Waals surface area contributed by atoms with E-state index in [0.29, 0.717) is 17.2 Å². The Labute approximate surface area is 209 Å². The maximum absolute atomic E-state index is 13.7. The molecule has 0 radical (unpaired) electrons. The average molecular weight is 507 g/mol. The molecule has 1 aliphatic carbocycles. The highest BCUT2D eigenvalue weighted by Crippen LogP contribution is 2.34. The van der Waals surface area contributed by atoms with Crippen LogP contribution in [0.5, 0.6) is 0 Å². The molecule has 9 heteroatoms. The Morgan fingerprint density at radius 1 is 1.11 bits per heavy atom. The Kier molecular flexibility index (Phi) is 6.16. The third kappa shape index (κ3) is 4.71. The summed E-state index contributed by atoms with van der Waals surface area (Å²) in [5.74, 6) is -0.248. The summed E-state index contributed by atoms with van der Waals surface area (Å²) in [5, 5.41) is 0.590. The van der Waals surface area contributed by atoms with Gasteiger partial charge in [0.05, 0.1) is 21.7 Å². The smallest absolute Gasteiger partial charge is 0.260 e. The zero-order chi connectivity index (χ0) is 24.7. The molecule has 0 saturated heterocycles. The molecule has 1 aliphatic rings. The molecule has 0 N–H and O–H groups in total. The number of fused-ring (bicyclic) bond motifs is 1. The van der Waals surface area contributed by atoms with Crippen LogP contribution in [0.2, 0.25) is 0 Å². The van der Waals surface area contributed by atoms with Crippen molar-refractivity contribution in [3.05, 3.63) is 83.2 Å². The van der Waals surface area contributed by atoms with Crippen molar-refractivity contribution in [1.82, 2.24) is 14.3 Å². The lowest BCUT2D eigenvalue weighted by molar-refractivity contribution is 0.0985. The van der Waals surface area contributed by atoms with Gasteiger partial charge in [0.2, 0.25) is 10.0 Å². The lowest BCUT2D eigenvalue weighted by Gasteiger charge is -2.20. The third-order valence-electron chi connectivity index (χ3n) is 6.19. The van der Waals surface area contributed by atoms with E-state index in [1.54, 1.807) is 36.5 Å². The molecule has 5 rings (SSSR count). The SMILES string of the molecule is Cc1cc(C)c2sc(N(Cc3cccnc3)C(=O)c3ccc(S(=O)(=O)N(C)C4CC4)cc3)nc2c1. The predicted octanol–water partition coefficient (Wildman–Crippen LogP) is 4.94. The molecule has 2 aromatic carbocycles. The number of hydrogen-bond acceptors (Lipinski definition) is 6. The fourth-order valence-corrected chi connectivity index (χ4v) is 6.54. The molecule has 0 atom stereocenters. The number of sulfonamides is 1. The zero-order valence-corrected chi connectivity index (χ0v) is 21.4. The second-order valence-corrected chi connectivity index (χ2v) is 11.9. The third-order valence-corrected chi connectivity index (χ3v) is 9.34. The van der Waals surface area contributed by atoms with Gasteiger partial charge >= 0.3 is 0 Å².